The monoisotopic (exact) mass is 311 g/mol. The Morgan fingerprint density at radius 2 is 2.39 bits per heavy atom. The van der Waals surface area contributed by atoms with Gasteiger partial charge in [0, 0.05) is 49.6 Å². The van der Waals surface area contributed by atoms with Crippen LogP contribution in [0.2, 0.25) is 0 Å². The molecule has 0 saturated carbocycles. The quantitative estimate of drug-likeness (QED) is 0.761. The van der Waals surface area contributed by atoms with Gasteiger partial charge >= 0.3 is 0 Å². The molecular weight excluding hydrogens is 294 g/mol. The number of ether oxygens (including phenoxy) is 1. The molecule has 1 N–H and O–H groups in total. The maximum absolute atomic E-state index is 5.39. The van der Waals surface area contributed by atoms with Gasteiger partial charge < -0.3 is 4.74 Å². The summed E-state index contributed by atoms with van der Waals surface area (Å²) < 4.78 is 7.24. The van der Waals surface area contributed by atoms with E-state index in [9.17, 15) is 0 Å². The summed E-state index contributed by atoms with van der Waals surface area (Å²) in [5.74, 6) is 1.87. The van der Waals surface area contributed by atoms with Gasteiger partial charge in [0.25, 0.3) is 0 Å². The molecule has 8 heteroatoms. The number of nitrogens with one attached hydrogen (secondary N) is 1. The maximum atomic E-state index is 5.39. The predicted octanol–water partition coefficient (Wildman–Crippen LogP) is 1.20. The largest absolute Gasteiger partial charge is 0.381 e. The van der Waals surface area contributed by atoms with E-state index in [1.54, 1.807) is 12.4 Å². The van der Waals surface area contributed by atoms with Crippen molar-refractivity contribution in [2.24, 2.45) is 0 Å². The normalized spacial score (nSPS) is 17.7. The van der Waals surface area contributed by atoms with Crippen molar-refractivity contribution in [3.63, 3.8) is 0 Å². The van der Waals surface area contributed by atoms with Crippen LogP contribution in [0.5, 0.6) is 0 Å². The summed E-state index contributed by atoms with van der Waals surface area (Å²) in [5, 5.41) is 15.6. The molecule has 0 aliphatic carbocycles. The maximum Gasteiger partial charge on any atom is 0.182 e. The summed E-state index contributed by atoms with van der Waals surface area (Å²) in [4.78, 5) is 8.57. The molecule has 3 aromatic heterocycles. The first-order chi connectivity index (χ1) is 11.4. The van der Waals surface area contributed by atoms with Crippen molar-refractivity contribution in [1.29, 1.82) is 0 Å². The topological polar surface area (TPSA) is 94.4 Å². The Bertz CT molecular complexity index is 761. The fraction of sp³-hybridized carbons (Fsp3) is 0.400. The smallest absolute Gasteiger partial charge is 0.182 e. The molecular formula is C15H17N7O. The number of rotatable bonds is 5. The zero-order valence-electron chi connectivity index (χ0n) is 12.6. The Kier molecular flexibility index (Phi) is 3.81. The summed E-state index contributed by atoms with van der Waals surface area (Å²) in [6, 6.07) is 3.81. The number of hydrogen-bond donors (Lipinski definition) is 1. The van der Waals surface area contributed by atoms with Crippen LogP contribution in [-0.4, -0.2) is 48.4 Å². The van der Waals surface area contributed by atoms with E-state index in [2.05, 4.69) is 30.5 Å². The Hall–Kier alpha value is -2.61. The van der Waals surface area contributed by atoms with Gasteiger partial charge in [-0.25, -0.2) is 4.98 Å². The molecule has 0 amide bonds. The minimum atomic E-state index is 0.381. The highest BCUT2D eigenvalue weighted by Gasteiger charge is 2.20. The van der Waals surface area contributed by atoms with E-state index in [-0.39, 0.29) is 0 Å². The van der Waals surface area contributed by atoms with Gasteiger partial charge in [-0.3, -0.25) is 14.8 Å². The molecule has 4 rings (SSSR count). The fourth-order valence-corrected chi connectivity index (χ4v) is 2.63. The lowest BCUT2D eigenvalue weighted by atomic mass is 10.1. The van der Waals surface area contributed by atoms with E-state index in [4.69, 9.17) is 4.74 Å². The highest BCUT2D eigenvalue weighted by atomic mass is 16.5. The second-order valence-corrected chi connectivity index (χ2v) is 5.56. The first-order valence-electron chi connectivity index (χ1n) is 7.68. The van der Waals surface area contributed by atoms with Crippen LogP contribution >= 0.6 is 0 Å². The van der Waals surface area contributed by atoms with E-state index in [1.807, 2.05) is 23.0 Å². The van der Waals surface area contributed by atoms with Crippen molar-refractivity contribution < 1.29 is 4.74 Å². The lowest BCUT2D eigenvalue weighted by Crippen LogP contribution is -2.03. The highest BCUT2D eigenvalue weighted by molar-refractivity contribution is 5.52. The number of H-pyrrole nitrogens is 1. The lowest BCUT2D eigenvalue weighted by Gasteiger charge is -2.00. The number of pyridine rings is 1. The average molecular weight is 311 g/mol. The number of aromatic amines is 1. The predicted molar refractivity (Wildman–Crippen MR) is 81.5 cm³/mol. The summed E-state index contributed by atoms with van der Waals surface area (Å²) in [6.45, 7) is 2.27. The van der Waals surface area contributed by atoms with Crippen molar-refractivity contribution in [2.75, 3.05) is 13.2 Å². The molecule has 23 heavy (non-hydrogen) atoms. The highest BCUT2D eigenvalue weighted by Crippen LogP contribution is 2.22. The second kappa shape index (κ2) is 6.25. The van der Waals surface area contributed by atoms with Gasteiger partial charge in [0.05, 0.1) is 12.3 Å². The Morgan fingerprint density at radius 1 is 1.39 bits per heavy atom. The SMILES string of the molecule is c1cncc(-c2n[nH]c(CCn3cc(C4CCOC4)nn3)n2)c1. The fourth-order valence-electron chi connectivity index (χ4n) is 2.63. The van der Waals surface area contributed by atoms with Gasteiger partial charge in [-0.15, -0.1) is 5.10 Å². The standard InChI is InChI=1S/C15H17N7O/c1-2-11(8-16-5-1)15-17-14(19-20-15)3-6-22-9-13(18-21-22)12-4-7-23-10-12/h1-2,5,8-9,12H,3-4,6-7,10H2,(H,17,19,20). The molecule has 1 aliphatic heterocycles. The van der Waals surface area contributed by atoms with Crippen molar-refractivity contribution in [1.82, 2.24) is 35.2 Å². The van der Waals surface area contributed by atoms with Gasteiger partial charge in [0.1, 0.15) is 5.82 Å². The minimum absolute atomic E-state index is 0.381. The first-order valence-corrected chi connectivity index (χ1v) is 7.68. The van der Waals surface area contributed by atoms with Crippen molar-refractivity contribution in [3.8, 4) is 11.4 Å². The third-order valence-electron chi connectivity index (χ3n) is 3.93. The third-order valence-corrected chi connectivity index (χ3v) is 3.93. The second-order valence-electron chi connectivity index (χ2n) is 5.56. The zero-order valence-corrected chi connectivity index (χ0v) is 12.6. The first kappa shape index (κ1) is 14.0. The van der Waals surface area contributed by atoms with Crippen LogP contribution in [0.4, 0.5) is 0 Å². The van der Waals surface area contributed by atoms with Crippen LogP contribution < -0.4 is 0 Å². The Morgan fingerprint density at radius 3 is 3.22 bits per heavy atom. The molecule has 1 saturated heterocycles. The van der Waals surface area contributed by atoms with E-state index < -0.39 is 0 Å². The summed E-state index contributed by atoms with van der Waals surface area (Å²) in [7, 11) is 0. The molecule has 0 radical (unpaired) electrons. The van der Waals surface area contributed by atoms with Crippen LogP contribution in [0.1, 0.15) is 23.9 Å². The van der Waals surface area contributed by atoms with E-state index in [1.165, 1.54) is 0 Å². The van der Waals surface area contributed by atoms with Gasteiger partial charge in [-0.2, -0.15) is 5.10 Å². The summed E-state index contributed by atoms with van der Waals surface area (Å²) in [6.07, 6.45) is 7.22. The van der Waals surface area contributed by atoms with Crippen molar-refractivity contribution in [3.05, 3.63) is 42.2 Å². The number of hydrogen-bond acceptors (Lipinski definition) is 6. The number of aromatic nitrogens is 7. The zero-order chi connectivity index (χ0) is 15.5. The van der Waals surface area contributed by atoms with Crippen LogP contribution in [0, 0.1) is 0 Å². The van der Waals surface area contributed by atoms with Crippen LogP contribution in [0.25, 0.3) is 11.4 Å². The molecule has 8 nitrogen and oxygen atoms in total. The summed E-state index contributed by atoms with van der Waals surface area (Å²) >= 11 is 0. The molecule has 0 spiro atoms. The third kappa shape index (κ3) is 3.11. The molecule has 1 aliphatic rings. The molecule has 1 fully saturated rings. The molecule has 118 valence electrons. The van der Waals surface area contributed by atoms with E-state index in [0.29, 0.717) is 18.3 Å². The lowest BCUT2D eigenvalue weighted by molar-refractivity contribution is 0.193. The Labute approximate surface area is 132 Å². The van der Waals surface area contributed by atoms with Crippen LogP contribution in [0.15, 0.2) is 30.7 Å². The molecule has 1 unspecified atom stereocenters. The average Bonchev–Trinajstić information content (AvgIpc) is 3.33. The summed E-state index contributed by atoms with van der Waals surface area (Å²) in [5.41, 5.74) is 1.91. The van der Waals surface area contributed by atoms with Crippen molar-refractivity contribution >= 4 is 0 Å². The molecule has 1 atom stereocenters. The van der Waals surface area contributed by atoms with Gasteiger partial charge in [0.15, 0.2) is 5.82 Å². The molecule has 0 aromatic carbocycles. The van der Waals surface area contributed by atoms with E-state index in [0.717, 1.165) is 43.1 Å². The van der Waals surface area contributed by atoms with Crippen LogP contribution in [-0.2, 0) is 17.7 Å². The van der Waals surface area contributed by atoms with Crippen molar-refractivity contribution in [2.45, 2.75) is 25.3 Å². The van der Waals surface area contributed by atoms with Crippen LogP contribution in [0.3, 0.4) is 0 Å². The molecule has 4 heterocycles. The molecule has 3 aromatic rings. The Balaban J connectivity index is 1.39. The van der Waals surface area contributed by atoms with Gasteiger partial charge in [-0.05, 0) is 18.6 Å². The van der Waals surface area contributed by atoms with E-state index >= 15 is 0 Å². The van der Waals surface area contributed by atoms with Gasteiger partial charge in [-0.1, -0.05) is 5.21 Å². The van der Waals surface area contributed by atoms with Gasteiger partial charge in [0.2, 0.25) is 0 Å². The number of nitrogens with zero attached hydrogens (tertiary/aromatic N) is 6. The molecule has 0 bridgehead atoms. The minimum Gasteiger partial charge on any atom is -0.381 e. The number of aryl methyl sites for hydroxylation is 2.